The lowest BCUT2D eigenvalue weighted by atomic mass is 10.2. The van der Waals surface area contributed by atoms with Crippen LogP contribution in [-0.4, -0.2) is 17.4 Å². The number of aromatic nitrogens is 2. The highest BCUT2D eigenvalue weighted by atomic mass is 32.2. The van der Waals surface area contributed by atoms with Crippen molar-refractivity contribution in [3.05, 3.63) is 48.3 Å². The highest BCUT2D eigenvalue weighted by Crippen LogP contribution is 2.19. The molecule has 2 rings (SSSR count). The van der Waals surface area contributed by atoms with Gasteiger partial charge >= 0.3 is 0 Å². The van der Waals surface area contributed by atoms with E-state index in [9.17, 15) is 12.8 Å². The lowest BCUT2D eigenvalue weighted by Gasteiger charge is -2.11. The molecule has 0 spiro atoms. The van der Waals surface area contributed by atoms with Gasteiger partial charge in [-0.25, -0.2) is 21.8 Å². The van der Waals surface area contributed by atoms with Gasteiger partial charge in [0.1, 0.15) is 11.6 Å². The summed E-state index contributed by atoms with van der Waals surface area (Å²) in [4.78, 5) is 4.08. The minimum Gasteiger partial charge on any atom is -0.240 e. The van der Waals surface area contributed by atoms with E-state index in [0.717, 1.165) is 16.1 Å². The fourth-order valence-electron chi connectivity index (χ4n) is 1.63. The van der Waals surface area contributed by atoms with Crippen molar-refractivity contribution in [1.82, 2.24) is 8.96 Å². The van der Waals surface area contributed by atoms with Gasteiger partial charge in [0.15, 0.2) is 0 Å². The molecule has 0 aliphatic heterocycles. The molecule has 1 aromatic heterocycles. The van der Waals surface area contributed by atoms with Crippen LogP contribution in [0.25, 0.3) is 0 Å². The first-order valence-electron chi connectivity index (χ1n) is 5.47. The van der Waals surface area contributed by atoms with Crippen molar-refractivity contribution in [2.45, 2.75) is 24.7 Å². The molecule has 0 saturated heterocycles. The molecule has 0 aliphatic carbocycles. The summed E-state index contributed by atoms with van der Waals surface area (Å²) in [5.74, 6) is -0.0294. The second-order valence-corrected chi connectivity index (χ2v) is 6.01. The summed E-state index contributed by atoms with van der Waals surface area (Å²) in [5.41, 5.74) is 0. The molecule has 1 aromatic carbocycles. The van der Waals surface area contributed by atoms with Gasteiger partial charge in [-0.15, -0.1) is 0 Å². The first kappa shape index (κ1) is 12.8. The Morgan fingerprint density at radius 2 is 1.83 bits per heavy atom. The van der Waals surface area contributed by atoms with E-state index in [0.29, 0.717) is 5.82 Å². The van der Waals surface area contributed by atoms with Gasteiger partial charge in [-0.3, -0.25) is 0 Å². The van der Waals surface area contributed by atoms with Crippen LogP contribution in [0.1, 0.15) is 25.6 Å². The third-order valence-corrected chi connectivity index (χ3v) is 4.22. The third-order valence-electron chi connectivity index (χ3n) is 2.52. The van der Waals surface area contributed by atoms with Crippen LogP contribution < -0.4 is 0 Å². The molecule has 1 heterocycles. The van der Waals surface area contributed by atoms with Gasteiger partial charge in [0.05, 0.1) is 4.90 Å². The molecule has 6 heteroatoms. The summed E-state index contributed by atoms with van der Waals surface area (Å²) in [6.45, 7) is 3.72. The second kappa shape index (κ2) is 4.53. The molecular formula is C12H13FN2O2S. The maximum atomic E-state index is 12.8. The van der Waals surface area contributed by atoms with E-state index in [-0.39, 0.29) is 10.8 Å². The molecule has 2 aromatic rings. The number of hydrogen-bond acceptors (Lipinski definition) is 3. The van der Waals surface area contributed by atoms with Crippen LogP contribution in [-0.2, 0) is 10.0 Å². The summed E-state index contributed by atoms with van der Waals surface area (Å²) < 4.78 is 38.6. The monoisotopic (exact) mass is 268 g/mol. The fourth-order valence-corrected chi connectivity index (χ4v) is 3.06. The van der Waals surface area contributed by atoms with Crippen LogP contribution >= 0.6 is 0 Å². The Balaban J connectivity index is 2.55. The van der Waals surface area contributed by atoms with Crippen molar-refractivity contribution in [1.29, 1.82) is 0 Å². The topological polar surface area (TPSA) is 52.0 Å². The summed E-state index contributed by atoms with van der Waals surface area (Å²) in [6, 6.07) is 4.74. The molecule has 96 valence electrons. The molecule has 0 aliphatic rings. The zero-order valence-corrected chi connectivity index (χ0v) is 10.9. The highest BCUT2D eigenvalue weighted by Gasteiger charge is 2.21. The largest absolute Gasteiger partial charge is 0.269 e. The van der Waals surface area contributed by atoms with E-state index >= 15 is 0 Å². The number of nitrogens with zero attached hydrogens (tertiary/aromatic N) is 2. The van der Waals surface area contributed by atoms with Gasteiger partial charge in [0, 0.05) is 18.3 Å². The first-order valence-corrected chi connectivity index (χ1v) is 6.91. The molecule has 4 nitrogen and oxygen atoms in total. The lowest BCUT2D eigenvalue weighted by molar-refractivity contribution is 0.580. The third kappa shape index (κ3) is 2.15. The summed E-state index contributed by atoms with van der Waals surface area (Å²) in [5, 5.41) is 0. The fraction of sp³-hybridized carbons (Fsp3) is 0.250. The van der Waals surface area contributed by atoms with Crippen LogP contribution in [0, 0.1) is 5.82 Å². The van der Waals surface area contributed by atoms with Crippen molar-refractivity contribution in [2.24, 2.45) is 0 Å². The minimum atomic E-state index is -3.70. The zero-order chi connectivity index (χ0) is 13.3. The zero-order valence-electron chi connectivity index (χ0n) is 10.0. The smallest absolute Gasteiger partial charge is 0.240 e. The van der Waals surface area contributed by atoms with Crippen molar-refractivity contribution in [3.8, 4) is 0 Å². The van der Waals surface area contributed by atoms with Crippen LogP contribution in [0.3, 0.4) is 0 Å². The SMILES string of the molecule is CC(C)c1nccn1S(=O)(=O)c1ccc(F)cc1. The summed E-state index contributed by atoms with van der Waals surface area (Å²) >= 11 is 0. The maximum Gasteiger partial charge on any atom is 0.269 e. The van der Waals surface area contributed by atoms with E-state index in [1.54, 1.807) is 0 Å². The molecule has 0 unspecified atom stereocenters. The molecule has 18 heavy (non-hydrogen) atoms. The van der Waals surface area contributed by atoms with Gasteiger partial charge < -0.3 is 0 Å². The summed E-state index contributed by atoms with van der Waals surface area (Å²) in [6.07, 6.45) is 2.84. The van der Waals surface area contributed by atoms with Gasteiger partial charge in [0.25, 0.3) is 10.0 Å². The number of rotatable bonds is 3. The first-order chi connectivity index (χ1) is 8.43. The molecule has 0 radical (unpaired) electrons. The van der Waals surface area contributed by atoms with Crippen LogP contribution in [0.5, 0.6) is 0 Å². The van der Waals surface area contributed by atoms with Gasteiger partial charge in [-0.05, 0) is 24.3 Å². The van der Waals surface area contributed by atoms with Gasteiger partial charge in [0.2, 0.25) is 0 Å². The van der Waals surface area contributed by atoms with E-state index in [2.05, 4.69) is 4.98 Å². The molecule has 0 bridgehead atoms. The second-order valence-electron chi connectivity index (χ2n) is 4.19. The van der Waals surface area contributed by atoms with E-state index in [1.807, 2.05) is 13.8 Å². The Kier molecular flexibility index (Phi) is 3.21. The summed E-state index contributed by atoms with van der Waals surface area (Å²) in [7, 11) is -3.70. The molecule has 0 fully saturated rings. The average Bonchev–Trinajstić information content (AvgIpc) is 2.79. The number of hydrogen-bond donors (Lipinski definition) is 0. The predicted molar refractivity (Wildman–Crippen MR) is 65.3 cm³/mol. The van der Waals surface area contributed by atoms with Crippen LogP contribution in [0.4, 0.5) is 4.39 Å². The standard InChI is InChI=1S/C12H13FN2O2S/c1-9(2)12-14-7-8-15(12)18(16,17)11-5-3-10(13)4-6-11/h3-9H,1-2H3. The average molecular weight is 268 g/mol. The van der Waals surface area contributed by atoms with Crippen molar-refractivity contribution < 1.29 is 12.8 Å². The lowest BCUT2D eigenvalue weighted by Crippen LogP contribution is -2.16. The van der Waals surface area contributed by atoms with Gasteiger partial charge in [-0.2, -0.15) is 0 Å². The number of halogens is 1. The van der Waals surface area contributed by atoms with Crippen LogP contribution in [0.2, 0.25) is 0 Å². The highest BCUT2D eigenvalue weighted by molar-refractivity contribution is 7.90. The van der Waals surface area contributed by atoms with E-state index in [1.165, 1.54) is 24.5 Å². The molecule has 0 saturated carbocycles. The normalized spacial score (nSPS) is 12.0. The quantitative estimate of drug-likeness (QED) is 0.858. The Hall–Kier alpha value is -1.69. The predicted octanol–water partition coefficient (Wildman–Crippen LogP) is 2.38. The molecule has 0 N–H and O–H groups in total. The van der Waals surface area contributed by atoms with Crippen LogP contribution in [0.15, 0.2) is 41.6 Å². The van der Waals surface area contributed by atoms with Crippen molar-refractivity contribution >= 4 is 10.0 Å². The Labute approximate surface area is 105 Å². The Bertz CT molecular complexity index is 645. The number of benzene rings is 1. The van der Waals surface area contributed by atoms with Gasteiger partial charge in [-0.1, -0.05) is 13.8 Å². The van der Waals surface area contributed by atoms with E-state index in [4.69, 9.17) is 0 Å². The number of imidazole rings is 1. The van der Waals surface area contributed by atoms with Crippen molar-refractivity contribution in [2.75, 3.05) is 0 Å². The molecular weight excluding hydrogens is 255 g/mol. The Morgan fingerprint density at radius 1 is 1.22 bits per heavy atom. The maximum absolute atomic E-state index is 12.8. The minimum absolute atomic E-state index is 0.0183. The van der Waals surface area contributed by atoms with Crippen molar-refractivity contribution in [3.63, 3.8) is 0 Å². The Morgan fingerprint density at radius 3 is 2.39 bits per heavy atom. The molecule has 0 amide bonds. The van der Waals surface area contributed by atoms with E-state index < -0.39 is 15.8 Å². The molecule has 0 atom stereocenters.